The summed E-state index contributed by atoms with van der Waals surface area (Å²) in [6, 6.07) is 21.1. The molecule has 0 N–H and O–H groups in total. The Morgan fingerprint density at radius 1 is 0.919 bits per heavy atom. The highest BCUT2D eigenvalue weighted by molar-refractivity contribution is 5.91. The maximum atomic E-state index is 13.0. The molecule has 37 heavy (non-hydrogen) atoms. The van der Waals surface area contributed by atoms with Gasteiger partial charge in [0.15, 0.2) is 5.76 Å². The number of rotatable bonds is 8. The summed E-state index contributed by atoms with van der Waals surface area (Å²) in [6.07, 6.45) is 0. The quantitative estimate of drug-likeness (QED) is 0.351. The first kappa shape index (κ1) is 24.6. The van der Waals surface area contributed by atoms with Crippen molar-refractivity contribution in [3.8, 4) is 17.2 Å². The van der Waals surface area contributed by atoms with E-state index in [1.165, 1.54) is 5.56 Å². The van der Waals surface area contributed by atoms with Crippen LogP contribution in [0.15, 0.2) is 71.1 Å². The molecule has 3 heterocycles. The average Bonchev–Trinajstić information content (AvgIpc) is 3.53. The third-order valence-electron chi connectivity index (χ3n) is 6.80. The summed E-state index contributed by atoms with van der Waals surface area (Å²) in [5.41, 5.74) is 4.51. The van der Waals surface area contributed by atoms with E-state index in [1.54, 1.807) is 19.2 Å². The summed E-state index contributed by atoms with van der Waals surface area (Å²) < 4.78 is 18.7. The van der Waals surface area contributed by atoms with E-state index in [0.717, 1.165) is 42.5 Å². The summed E-state index contributed by atoms with van der Waals surface area (Å²) in [4.78, 5) is 17.3. The van der Waals surface area contributed by atoms with Crippen LogP contribution >= 0.6 is 0 Å². The first-order valence-corrected chi connectivity index (χ1v) is 12.5. The number of furan rings is 1. The van der Waals surface area contributed by atoms with Crippen molar-refractivity contribution in [2.75, 3.05) is 33.3 Å². The minimum Gasteiger partial charge on any atom is -0.497 e. The molecule has 4 aromatic rings. The Morgan fingerprint density at radius 2 is 1.62 bits per heavy atom. The number of ether oxygens (including phenoxy) is 2. The average molecular weight is 501 g/mol. The Hall–Kier alpha value is -4.04. The lowest BCUT2D eigenvalue weighted by molar-refractivity contribution is 0.0593. The Kier molecular flexibility index (Phi) is 7.28. The third kappa shape index (κ3) is 5.54. The number of aromatic nitrogens is 2. The van der Waals surface area contributed by atoms with Crippen LogP contribution in [0.3, 0.4) is 0 Å². The lowest BCUT2D eigenvalue weighted by Gasteiger charge is -2.34. The first-order valence-electron chi connectivity index (χ1n) is 12.5. The van der Waals surface area contributed by atoms with E-state index in [-0.39, 0.29) is 12.5 Å². The van der Waals surface area contributed by atoms with Crippen LogP contribution in [0.2, 0.25) is 0 Å². The molecule has 2 aromatic carbocycles. The fourth-order valence-electron chi connectivity index (χ4n) is 4.61. The number of aryl methyl sites for hydroxylation is 1. The van der Waals surface area contributed by atoms with Crippen molar-refractivity contribution in [3.05, 3.63) is 95.2 Å². The molecule has 1 amide bonds. The molecule has 0 spiro atoms. The third-order valence-corrected chi connectivity index (χ3v) is 6.80. The standard InChI is InChI=1S/C29H32N4O4/c1-21-27(22(2)33(30-21)23-7-5-4-6-8-23)19-31-15-17-32(18-16-31)29(34)28-14-13-26(37-28)20-36-25-11-9-24(35-3)10-12-25/h4-14H,15-20H2,1-3H3. The summed E-state index contributed by atoms with van der Waals surface area (Å²) in [6.45, 7) is 8.17. The molecule has 8 heteroatoms. The van der Waals surface area contributed by atoms with Gasteiger partial charge in [-0.1, -0.05) is 18.2 Å². The molecule has 0 radical (unpaired) electrons. The van der Waals surface area contributed by atoms with Gasteiger partial charge in [0.25, 0.3) is 5.91 Å². The van der Waals surface area contributed by atoms with Crippen LogP contribution in [0.4, 0.5) is 0 Å². The highest BCUT2D eigenvalue weighted by atomic mass is 16.5. The van der Waals surface area contributed by atoms with Gasteiger partial charge in [-0.3, -0.25) is 9.69 Å². The van der Waals surface area contributed by atoms with Crippen molar-refractivity contribution in [2.24, 2.45) is 0 Å². The zero-order valence-corrected chi connectivity index (χ0v) is 21.5. The normalized spacial score (nSPS) is 14.1. The number of nitrogens with zero attached hydrogens (tertiary/aromatic N) is 4. The van der Waals surface area contributed by atoms with Gasteiger partial charge in [0.05, 0.1) is 18.5 Å². The van der Waals surface area contributed by atoms with Gasteiger partial charge in [-0.15, -0.1) is 0 Å². The molecule has 8 nitrogen and oxygen atoms in total. The van der Waals surface area contributed by atoms with Crippen LogP contribution < -0.4 is 9.47 Å². The highest BCUT2D eigenvalue weighted by Gasteiger charge is 2.25. The second kappa shape index (κ2) is 10.9. The second-order valence-electron chi connectivity index (χ2n) is 9.20. The van der Waals surface area contributed by atoms with Gasteiger partial charge in [-0.25, -0.2) is 4.68 Å². The zero-order chi connectivity index (χ0) is 25.8. The molecule has 192 valence electrons. The van der Waals surface area contributed by atoms with E-state index in [4.69, 9.17) is 19.0 Å². The van der Waals surface area contributed by atoms with Crippen LogP contribution in [0.25, 0.3) is 5.69 Å². The molecule has 1 fully saturated rings. The lowest BCUT2D eigenvalue weighted by Crippen LogP contribution is -2.48. The molecule has 0 bridgehead atoms. The zero-order valence-electron chi connectivity index (χ0n) is 21.5. The van der Waals surface area contributed by atoms with Crippen molar-refractivity contribution >= 4 is 5.91 Å². The van der Waals surface area contributed by atoms with Gasteiger partial charge >= 0.3 is 0 Å². The molecule has 0 atom stereocenters. The van der Waals surface area contributed by atoms with Crippen molar-refractivity contribution in [2.45, 2.75) is 27.0 Å². The van der Waals surface area contributed by atoms with Gasteiger partial charge in [-0.2, -0.15) is 5.10 Å². The molecule has 1 aliphatic heterocycles. The number of carbonyl (C=O) groups is 1. The fourth-order valence-corrected chi connectivity index (χ4v) is 4.61. The molecule has 0 aliphatic carbocycles. The Bertz CT molecular complexity index is 1340. The van der Waals surface area contributed by atoms with Crippen molar-refractivity contribution in [1.82, 2.24) is 19.6 Å². The van der Waals surface area contributed by atoms with Crippen LogP contribution in [0.1, 0.15) is 33.3 Å². The number of methoxy groups -OCH3 is 1. The predicted molar refractivity (Wildman–Crippen MR) is 140 cm³/mol. The van der Waals surface area contributed by atoms with E-state index in [1.807, 2.05) is 52.0 Å². The van der Waals surface area contributed by atoms with Gasteiger partial charge < -0.3 is 18.8 Å². The molecule has 0 unspecified atom stereocenters. The second-order valence-corrected chi connectivity index (χ2v) is 9.20. The highest BCUT2D eigenvalue weighted by Crippen LogP contribution is 2.22. The largest absolute Gasteiger partial charge is 0.497 e. The molecule has 1 saturated heterocycles. The minimum atomic E-state index is -0.0837. The number of hydrogen-bond donors (Lipinski definition) is 0. The van der Waals surface area contributed by atoms with Crippen LogP contribution in [-0.4, -0.2) is 58.8 Å². The number of amides is 1. The van der Waals surface area contributed by atoms with Gasteiger partial charge in [0, 0.05) is 44.0 Å². The molecular formula is C29H32N4O4. The summed E-state index contributed by atoms with van der Waals surface area (Å²) in [7, 11) is 1.63. The molecule has 1 aliphatic rings. The SMILES string of the molecule is COc1ccc(OCc2ccc(C(=O)N3CCN(Cc4c(C)nn(-c5ccccc5)c4C)CC3)o2)cc1. The van der Waals surface area contributed by atoms with Crippen LogP contribution in [0, 0.1) is 13.8 Å². The monoisotopic (exact) mass is 500 g/mol. The van der Waals surface area contributed by atoms with Crippen molar-refractivity contribution in [3.63, 3.8) is 0 Å². The van der Waals surface area contributed by atoms with Gasteiger partial charge in [-0.05, 0) is 62.4 Å². The van der Waals surface area contributed by atoms with E-state index in [2.05, 4.69) is 30.9 Å². The minimum absolute atomic E-state index is 0.0837. The first-order chi connectivity index (χ1) is 18.0. The number of carbonyl (C=O) groups excluding carboxylic acids is 1. The number of para-hydroxylation sites is 1. The predicted octanol–water partition coefficient (Wildman–Crippen LogP) is 4.63. The molecule has 5 rings (SSSR count). The lowest BCUT2D eigenvalue weighted by atomic mass is 10.1. The van der Waals surface area contributed by atoms with E-state index >= 15 is 0 Å². The van der Waals surface area contributed by atoms with Crippen LogP contribution in [0.5, 0.6) is 11.5 Å². The molecular weight excluding hydrogens is 468 g/mol. The summed E-state index contributed by atoms with van der Waals surface area (Å²) in [5.74, 6) is 2.35. The van der Waals surface area contributed by atoms with E-state index < -0.39 is 0 Å². The number of hydrogen-bond acceptors (Lipinski definition) is 6. The topological polar surface area (TPSA) is 73.0 Å². The van der Waals surface area contributed by atoms with E-state index in [9.17, 15) is 4.79 Å². The van der Waals surface area contributed by atoms with Crippen molar-refractivity contribution in [1.29, 1.82) is 0 Å². The molecule has 2 aromatic heterocycles. The maximum Gasteiger partial charge on any atom is 0.289 e. The van der Waals surface area contributed by atoms with Crippen molar-refractivity contribution < 1.29 is 18.7 Å². The maximum absolute atomic E-state index is 13.0. The van der Waals surface area contributed by atoms with Gasteiger partial charge in [0.1, 0.15) is 23.9 Å². The molecule has 0 saturated carbocycles. The van der Waals surface area contributed by atoms with Crippen LogP contribution in [-0.2, 0) is 13.2 Å². The number of benzene rings is 2. The Labute approximate surface area is 217 Å². The summed E-state index contributed by atoms with van der Waals surface area (Å²) in [5, 5.41) is 4.77. The summed E-state index contributed by atoms with van der Waals surface area (Å²) >= 11 is 0. The fraction of sp³-hybridized carbons (Fsp3) is 0.310. The Morgan fingerprint density at radius 3 is 2.32 bits per heavy atom. The number of piperazine rings is 1. The Balaban J connectivity index is 1.14. The smallest absolute Gasteiger partial charge is 0.289 e. The van der Waals surface area contributed by atoms with Gasteiger partial charge in [0.2, 0.25) is 0 Å². The van der Waals surface area contributed by atoms with E-state index in [0.29, 0.717) is 30.4 Å².